The van der Waals surface area contributed by atoms with Crippen LogP contribution in [0.4, 0.5) is 5.95 Å². The van der Waals surface area contributed by atoms with Gasteiger partial charge in [0.05, 0.1) is 11.6 Å². The molecular formula is C14H13BrN4O. The molecule has 0 unspecified atom stereocenters. The highest BCUT2D eigenvalue weighted by Crippen LogP contribution is 2.33. The van der Waals surface area contributed by atoms with E-state index in [2.05, 4.69) is 32.3 Å². The van der Waals surface area contributed by atoms with Crippen molar-refractivity contribution in [2.24, 2.45) is 0 Å². The molecule has 0 fully saturated rings. The van der Waals surface area contributed by atoms with Crippen LogP contribution < -0.4 is 10.1 Å². The van der Waals surface area contributed by atoms with Gasteiger partial charge in [0.1, 0.15) is 23.2 Å². The largest absolute Gasteiger partial charge is 0.496 e. The fourth-order valence-corrected chi connectivity index (χ4v) is 2.91. The van der Waals surface area contributed by atoms with Crippen LogP contribution in [0, 0.1) is 11.3 Å². The summed E-state index contributed by atoms with van der Waals surface area (Å²) in [5, 5.41) is 12.6. The van der Waals surface area contributed by atoms with E-state index < -0.39 is 0 Å². The van der Waals surface area contributed by atoms with Crippen molar-refractivity contribution in [2.45, 2.75) is 13.0 Å². The third-order valence-corrected chi connectivity index (χ3v) is 3.96. The van der Waals surface area contributed by atoms with Crippen LogP contribution in [0.5, 0.6) is 5.75 Å². The second kappa shape index (κ2) is 5.17. The van der Waals surface area contributed by atoms with Gasteiger partial charge in [-0.05, 0) is 40.5 Å². The zero-order chi connectivity index (χ0) is 14.1. The summed E-state index contributed by atoms with van der Waals surface area (Å²) in [4.78, 5) is 4.56. The van der Waals surface area contributed by atoms with Crippen molar-refractivity contribution in [1.82, 2.24) is 9.55 Å². The molecule has 3 rings (SSSR count). The van der Waals surface area contributed by atoms with E-state index in [9.17, 15) is 5.26 Å². The summed E-state index contributed by atoms with van der Waals surface area (Å²) in [6.45, 7) is 1.73. The number of methoxy groups -OCH3 is 1. The molecule has 0 saturated carbocycles. The number of hydrogen-bond donors (Lipinski definition) is 1. The number of nitriles is 1. The van der Waals surface area contributed by atoms with E-state index in [0.717, 1.165) is 41.2 Å². The van der Waals surface area contributed by atoms with E-state index in [0.29, 0.717) is 11.4 Å². The Morgan fingerprint density at radius 1 is 1.50 bits per heavy atom. The van der Waals surface area contributed by atoms with Crippen LogP contribution in [-0.2, 0) is 6.54 Å². The van der Waals surface area contributed by atoms with Gasteiger partial charge in [-0.15, -0.1) is 0 Å². The van der Waals surface area contributed by atoms with E-state index in [-0.39, 0.29) is 0 Å². The third kappa shape index (κ3) is 2.04. The first-order valence-corrected chi connectivity index (χ1v) is 7.12. The fraction of sp³-hybridized carbons (Fsp3) is 0.286. The maximum absolute atomic E-state index is 9.42. The normalized spacial score (nSPS) is 13.2. The number of imidazole rings is 1. The molecule has 0 atom stereocenters. The number of halogens is 1. The molecule has 0 amide bonds. The standard InChI is InChI=1S/C14H13BrN4O/c1-20-12-4-3-9(7-10(12)15)13-11(8-16)19-6-2-5-17-14(19)18-13/h3-4,7H,2,5-6H2,1H3,(H,17,18). The van der Waals surface area contributed by atoms with Crippen LogP contribution in [0.1, 0.15) is 12.1 Å². The average Bonchev–Trinajstić information content (AvgIpc) is 2.85. The lowest BCUT2D eigenvalue weighted by Crippen LogP contribution is -2.18. The van der Waals surface area contributed by atoms with Crippen LogP contribution in [-0.4, -0.2) is 23.2 Å². The molecule has 2 aromatic rings. The maximum Gasteiger partial charge on any atom is 0.204 e. The number of nitrogens with one attached hydrogen (secondary N) is 1. The van der Waals surface area contributed by atoms with E-state index >= 15 is 0 Å². The van der Waals surface area contributed by atoms with Gasteiger partial charge in [0, 0.05) is 18.7 Å². The summed E-state index contributed by atoms with van der Waals surface area (Å²) in [5.74, 6) is 1.53. The average molecular weight is 333 g/mol. The van der Waals surface area contributed by atoms with Gasteiger partial charge in [-0.25, -0.2) is 4.98 Å². The summed E-state index contributed by atoms with van der Waals surface area (Å²) in [6.07, 6.45) is 1.00. The Labute approximate surface area is 125 Å². The van der Waals surface area contributed by atoms with Gasteiger partial charge >= 0.3 is 0 Å². The lowest BCUT2D eigenvalue weighted by atomic mass is 10.1. The topological polar surface area (TPSA) is 62.9 Å². The lowest BCUT2D eigenvalue weighted by Gasteiger charge is -2.15. The first-order chi connectivity index (χ1) is 9.74. The monoisotopic (exact) mass is 332 g/mol. The summed E-state index contributed by atoms with van der Waals surface area (Å²) >= 11 is 3.46. The first-order valence-electron chi connectivity index (χ1n) is 6.33. The van der Waals surface area contributed by atoms with Gasteiger partial charge < -0.3 is 14.6 Å². The molecule has 1 aliphatic rings. The van der Waals surface area contributed by atoms with Gasteiger partial charge in [0.25, 0.3) is 0 Å². The zero-order valence-corrected chi connectivity index (χ0v) is 12.6. The number of nitrogens with zero attached hydrogens (tertiary/aromatic N) is 3. The lowest BCUT2D eigenvalue weighted by molar-refractivity contribution is 0.412. The summed E-state index contributed by atoms with van der Waals surface area (Å²) < 4.78 is 8.01. The predicted octanol–water partition coefficient (Wildman–Crippen LogP) is 3.01. The SMILES string of the molecule is COc1ccc(-c2nc3n(c2C#N)CCCN3)cc1Br. The second-order valence-corrected chi connectivity index (χ2v) is 5.38. The van der Waals surface area contributed by atoms with E-state index in [1.807, 2.05) is 22.8 Å². The molecule has 1 aromatic heterocycles. The van der Waals surface area contributed by atoms with Crippen LogP contribution in [0.25, 0.3) is 11.3 Å². The first kappa shape index (κ1) is 13.0. The molecule has 0 spiro atoms. The Morgan fingerprint density at radius 2 is 2.35 bits per heavy atom. The minimum Gasteiger partial charge on any atom is -0.496 e. The van der Waals surface area contributed by atoms with Crippen molar-refractivity contribution >= 4 is 21.9 Å². The highest BCUT2D eigenvalue weighted by molar-refractivity contribution is 9.10. The Hall–Kier alpha value is -2.00. The Balaban J connectivity index is 2.13. The van der Waals surface area contributed by atoms with Gasteiger partial charge in [-0.1, -0.05) is 0 Å². The summed E-state index contributed by atoms with van der Waals surface area (Å²) in [7, 11) is 1.62. The smallest absolute Gasteiger partial charge is 0.204 e. The third-order valence-electron chi connectivity index (χ3n) is 3.34. The number of benzene rings is 1. The Kier molecular flexibility index (Phi) is 3.36. The molecule has 2 heterocycles. The summed E-state index contributed by atoms with van der Waals surface area (Å²) in [6, 6.07) is 7.97. The van der Waals surface area contributed by atoms with Crippen LogP contribution in [0.2, 0.25) is 0 Å². The minimum absolute atomic E-state index is 0.601. The highest BCUT2D eigenvalue weighted by Gasteiger charge is 2.20. The van der Waals surface area contributed by atoms with Gasteiger partial charge in [0.15, 0.2) is 0 Å². The van der Waals surface area contributed by atoms with Crippen LogP contribution >= 0.6 is 15.9 Å². The molecule has 0 bridgehead atoms. The summed E-state index contributed by atoms with van der Waals surface area (Å²) in [5.41, 5.74) is 2.21. The van der Waals surface area contributed by atoms with Crippen LogP contribution in [0.15, 0.2) is 22.7 Å². The molecular weight excluding hydrogens is 320 g/mol. The van der Waals surface area contributed by atoms with E-state index in [1.165, 1.54) is 0 Å². The predicted molar refractivity (Wildman–Crippen MR) is 79.7 cm³/mol. The molecule has 1 aliphatic heterocycles. The van der Waals surface area contributed by atoms with Gasteiger partial charge in [-0.2, -0.15) is 5.26 Å². The van der Waals surface area contributed by atoms with E-state index in [4.69, 9.17) is 4.74 Å². The molecule has 0 saturated heterocycles. The number of ether oxygens (including phenoxy) is 1. The Bertz CT molecular complexity index is 702. The molecule has 20 heavy (non-hydrogen) atoms. The quantitative estimate of drug-likeness (QED) is 0.918. The molecule has 0 radical (unpaired) electrons. The van der Waals surface area contributed by atoms with Crippen LogP contribution in [0.3, 0.4) is 0 Å². The minimum atomic E-state index is 0.601. The van der Waals surface area contributed by atoms with Crippen molar-refractivity contribution < 1.29 is 4.74 Å². The number of rotatable bonds is 2. The molecule has 1 N–H and O–H groups in total. The number of fused-ring (bicyclic) bond motifs is 1. The molecule has 6 heteroatoms. The second-order valence-electron chi connectivity index (χ2n) is 4.53. The maximum atomic E-state index is 9.42. The molecule has 0 aliphatic carbocycles. The Morgan fingerprint density at radius 3 is 3.05 bits per heavy atom. The highest BCUT2D eigenvalue weighted by atomic mass is 79.9. The fourth-order valence-electron chi connectivity index (χ4n) is 2.37. The number of hydrogen-bond acceptors (Lipinski definition) is 4. The molecule has 5 nitrogen and oxygen atoms in total. The van der Waals surface area contributed by atoms with Crippen molar-refractivity contribution in [2.75, 3.05) is 19.0 Å². The van der Waals surface area contributed by atoms with E-state index in [1.54, 1.807) is 7.11 Å². The van der Waals surface area contributed by atoms with Gasteiger partial charge in [-0.3, -0.25) is 0 Å². The number of aromatic nitrogens is 2. The van der Waals surface area contributed by atoms with Crippen molar-refractivity contribution in [1.29, 1.82) is 5.26 Å². The van der Waals surface area contributed by atoms with Gasteiger partial charge in [0.2, 0.25) is 5.95 Å². The zero-order valence-electron chi connectivity index (χ0n) is 11.0. The van der Waals surface area contributed by atoms with Crippen molar-refractivity contribution in [3.63, 3.8) is 0 Å². The van der Waals surface area contributed by atoms with Crippen molar-refractivity contribution in [3.05, 3.63) is 28.4 Å². The van der Waals surface area contributed by atoms with Crippen molar-refractivity contribution in [3.8, 4) is 23.1 Å². The molecule has 102 valence electrons. The molecule has 1 aromatic carbocycles. The number of anilines is 1.